The molecule has 1 aliphatic carbocycles. The highest BCUT2D eigenvalue weighted by Gasteiger charge is 2.30. The highest BCUT2D eigenvalue weighted by atomic mass is 16.5. The number of aryl methyl sites for hydroxylation is 1. The molecule has 0 radical (unpaired) electrons. The molecule has 2 fully saturated rings. The van der Waals surface area contributed by atoms with E-state index in [0.717, 1.165) is 56.7 Å². The second kappa shape index (κ2) is 6.60. The fraction of sp³-hybridized carbons (Fsp3) is 0.750. The van der Waals surface area contributed by atoms with Crippen LogP contribution in [0.3, 0.4) is 0 Å². The second-order valence-corrected chi connectivity index (χ2v) is 6.71. The van der Waals surface area contributed by atoms with Crippen LogP contribution in [0, 0.1) is 0 Å². The number of rotatable bonds is 6. The van der Waals surface area contributed by atoms with Gasteiger partial charge >= 0.3 is 0 Å². The smallest absolute Gasteiger partial charge is 0.243 e. The average Bonchev–Trinajstić information content (AvgIpc) is 3.17. The van der Waals surface area contributed by atoms with E-state index in [-0.39, 0.29) is 6.04 Å². The van der Waals surface area contributed by atoms with Crippen molar-refractivity contribution in [2.75, 3.05) is 26.2 Å². The number of piperazine rings is 1. The Labute approximate surface area is 141 Å². The third-order valence-electron chi connectivity index (χ3n) is 4.89. The van der Waals surface area contributed by atoms with Gasteiger partial charge in [-0.05, 0) is 19.8 Å². The zero-order valence-corrected chi connectivity index (χ0v) is 14.3. The number of aromatic nitrogens is 4. The van der Waals surface area contributed by atoms with Crippen LogP contribution in [-0.4, -0.2) is 56.3 Å². The first-order valence-electron chi connectivity index (χ1n) is 8.84. The van der Waals surface area contributed by atoms with Crippen molar-refractivity contribution in [3.8, 4) is 0 Å². The summed E-state index contributed by atoms with van der Waals surface area (Å²) in [6.07, 6.45) is 3.18. The van der Waals surface area contributed by atoms with Crippen LogP contribution >= 0.6 is 0 Å². The Kier molecular flexibility index (Phi) is 4.32. The normalized spacial score (nSPS) is 21.2. The molecule has 1 saturated carbocycles. The molecule has 0 aromatic carbocycles. The van der Waals surface area contributed by atoms with E-state index >= 15 is 0 Å². The van der Waals surface area contributed by atoms with Crippen molar-refractivity contribution in [3.05, 3.63) is 23.4 Å². The third kappa shape index (κ3) is 3.34. The van der Waals surface area contributed by atoms with Crippen LogP contribution < -0.4 is 0 Å². The molecule has 2 aliphatic rings. The van der Waals surface area contributed by atoms with Gasteiger partial charge in [0.25, 0.3) is 0 Å². The first-order valence-corrected chi connectivity index (χ1v) is 8.84. The molecule has 1 aliphatic heterocycles. The molecule has 3 heterocycles. The predicted octanol–water partition coefficient (Wildman–Crippen LogP) is 1.77. The molecule has 2 aromatic heterocycles. The summed E-state index contributed by atoms with van der Waals surface area (Å²) in [4.78, 5) is 13.7. The maximum Gasteiger partial charge on any atom is 0.243 e. The van der Waals surface area contributed by atoms with Crippen molar-refractivity contribution in [2.24, 2.45) is 0 Å². The summed E-state index contributed by atoms with van der Waals surface area (Å²) in [6, 6.07) is 0.159. The first kappa shape index (κ1) is 15.7. The Bertz CT molecular complexity index is 672. The summed E-state index contributed by atoms with van der Waals surface area (Å²) in [5.41, 5.74) is 0. The summed E-state index contributed by atoms with van der Waals surface area (Å²) >= 11 is 0. The SMILES string of the molecule is CCc1noc([C@H](C)N2CCN(Cc3noc(C4CC4)n3)CC2)n1. The minimum atomic E-state index is 0.159. The summed E-state index contributed by atoms with van der Waals surface area (Å²) in [7, 11) is 0. The molecule has 0 N–H and O–H groups in total. The van der Waals surface area contributed by atoms with Gasteiger partial charge in [0.05, 0.1) is 12.6 Å². The van der Waals surface area contributed by atoms with E-state index in [1.807, 2.05) is 6.92 Å². The minimum absolute atomic E-state index is 0.159. The van der Waals surface area contributed by atoms with Crippen molar-refractivity contribution >= 4 is 0 Å². The van der Waals surface area contributed by atoms with E-state index in [9.17, 15) is 0 Å². The molecule has 0 spiro atoms. The fourth-order valence-electron chi connectivity index (χ4n) is 3.07. The van der Waals surface area contributed by atoms with Crippen LogP contribution in [0.2, 0.25) is 0 Å². The molecule has 0 bridgehead atoms. The van der Waals surface area contributed by atoms with E-state index in [2.05, 4.69) is 37.0 Å². The van der Waals surface area contributed by atoms with Gasteiger partial charge in [0.2, 0.25) is 11.8 Å². The molecule has 8 nitrogen and oxygen atoms in total. The molecule has 8 heteroatoms. The van der Waals surface area contributed by atoms with E-state index in [4.69, 9.17) is 9.05 Å². The first-order chi connectivity index (χ1) is 11.7. The maximum atomic E-state index is 5.38. The molecular weight excluding hydrogens is 308 g/mol. The summed E-state index contributed by atoms with van der Waals surface area (Å²) < 4.78 is 10.7. The van der Waals surface area contributed by atoms with E-state index in [0.29, 0.717) is 11.8 Å². The second-order valence-electron chi connectivity index (χ2n) is 6.71. The summed E-state index contributed by atoms with van der Waals surface area (Å²) in [6.45, 7) is 8.82. The van der Waals surface area contributed by atoms with Crippen LogP contribution in [0.15, 0.2) is 9.05 Å². The molecule has 2 aromatic rings. The third-order valence-corrected chi connectivity index (χ3v) is 4.89. The Morgan fingerprint density at radius 2 is 1.79 bits per heavy atom. The van der Waals surface area contributed by atoms with Crippen molar-refractivity contribution < 1.29 is 9.05 Å². The van der Waals surface area contributed by atoms with Gasteiger partial charge in [0, 0.05) is 38.5 Å². The lowest BCUT2D eigenvalue weighted by Crippen LogP contribution is -2.46. The van der Waals surface area contributed by atoms with Gasteiger partial charge in [-0.15, -0.1) is 0 Å². The van der Waals surface area contributed by atoms with Crippen LogP contribution in [0.25, 0.3) is 0 Å². The molecular formula is C16H24N6O2. The number of nitrogens with zero attached hydrogens (tertiary/aromatic N) is 6. The highest BCUT2D eigenvalue weighted by Crippen LogP contribution is 2.38. The highest BCUT2D eigenvalue weighted by molar-refractivity contribution is 5.02. The Balaban J connectivity index is 1.29. The minimum Gasteiger partial charge on any atom is -0.339 e. The standard InChI is InChI=1S/C16H24N6O2/c1-3-13-17-15(23-19-13)11(2)22-8-6-21(7-9-22)10-14-18-16(24-20-14)12-4-5-12/h11-12H,3-10H2,1-2H3/t11-/m0/s1. The lowest BCUT2D eigenvalue weighted by molar-refractivity contribution is 0.0827. The summed E-state index contributed by atoms with van der Waals surface area (Å²) in [5, 5.41) is 8.10. The van der Waals surface area contributed by atoms with Crippen LogP contribution in [0.1, 0.15) is 62.1 Å². The largest absolute Gasteiger partial charge is 0.339 e. The lowest BCUT2D eigenvalue weighted by atomic mass is 10.2. The lowest BCUT2D eigenvalue weighted by Gasteiger charge is -2.36. The van der Waals surface area contributed by atoms with Crippen molar-refractivity contribution in [1.82, 2.24) is 30.1 Å². The van der Waals surface area contributed by atoms with Gasteiger partial charge in [0.1, 0.15) is 0 Å². The van der Waals surface area contributed by atoms with Gasteiger partial charge in [-0.25, -0.2) is 0 Å². The number of hydrogen-bond donors (Lipinski definition) is 0. The molecule has 4 rings (SSSR count). The van der Waals surface area contributed by atoms with Gasteiger partial charge in [-0.2, -0.15) is 9.97 Å². The molecule has 130 valence electrons. The van der Waals surface area contributed by atoms with E-state index < -0.39 is 0 Å². The Hall–Kier alpha value is -1.80. The Morgan fingerprint density at radius 3 is 2.46 bits per heavy atom. The van der Waals surface area contributed by atoms with E-state index in [1.165, 1.54) is 12.8 Å². The van der Waals surface area contributed by atoms with Crippen LogP contribution in [0.4, 0.5) is 0 Å². The molecule has 0 unspecified atom stereocenters. The van der Waals surface area contributed by atoms with Gasteiger partial charge < -0.3 is 9.05 Å². The zero-order chi connectivity index (χ0) is 16.5. The van der Waals surface area contributed by atoms with Gasteiger partial charge in [0.15, 0.2) is 11.6 Å². The van der Waals surface area contributed by atoms with Crippen molar-refractivity contribution in [3.63, 3.8) is 0 Å². The quantitative estimate of drug-likeness (QED) is 0.791. The summed E-state index contributed by atoms with van der Waals surface area (Å²) in [5.74, 6) is 3.64. The Morgan fingerprint density at radius 1 is 1.04 bits per heavy atom. The molecule has 24 heavy (non-hydrogen) atoms. The maximum absolute atomic E-state index is 5.38. The van der Waals surface area contributed by atoms with Crippen LogP contribution in [0.5, 0.6) is 0 Å². The fourth-order valence-corrected chi connectivity index (χ4v) is 3.07. The van der Waals surface area contributed by atoms with E-state index in [1.54, 1.807) is 0 Å². The van der Waals surface area contributed by atoms with Crippen molar-refractivity contribution in [1.29, 1.82) is 0 Å². The molecule has 1 atom stereocenters. The predicted molar refractivity (Wildman–Crippen MR) is 85.2 cm³/mol. The van der Waals surface area contributed by atoms with Gasteiger partial charge in [-0.3, -0.25) is 9.80 Å². The topological polar surface area (TPSA) is 84.3 Å². The average molecular weight is 332 g/mol. The molecule has 0 amide bonds. The van der Waals surface area contributed by atoms with Crippen LogP contribution in [-0.2, 0) is 13.0 Å². The number of hydrogen-bond acceptors (Lipinski definition) is 8. The van der Waals surface area contributed by atoms with Crippen molar-refractivity contribution in [2.45, 2.75) is 51.6 Å². The monoisotopic (exact) mass is 332 g/mol. The zero-order valence-electron chi connectivity index (χ0n) is 14.3. The van der Waals surface area contributed by atoms with Gasteiger partial charge in [-0.1, -0.05) is 17.2 Å². The molecule has 1 saturated heterocycles.